The van der Waals surface area contributed by atoms with Crippen molar-refractivity contribution in [2.24, 2.45) is 7.05 Å². The van der Waals surface area contributed by atoms with Crippen molar-refractivity contribution in [1.82, 2.24) is 9.29 Å². The number of sulfonamides is 1. The van der Waals surface area contributed by atoms with Crippen molar-refractivity contribution in [3.05, 3.63) is 17.7 Å². The van der Waals surface area contributed by atoms with Gasteiger partial charge >= 0.3 is 12.1 Å². The van der Waals surface area contributed by atoms with Crippen LogP contribution in [0.1, 0.15) is 24.3 Å². The van der Waals surface area contributed by atoms with Crippen LogP contribution in [0.15, 0.2) is 11.1 Å². The van der Waals surface area contributed by atoms with Crippen LogP contribution in [0.3, 0.4) is 0 Å². The molecule has 0 aliphatic rings. The van der Waals surface area contributed by atoms with Crippen LogP contribution in [0, 0.1) is 5.82 Å². The van der Waals surface area contributed by atoms with E-state index in [0.717, 1.165) is 4.57 Å². The number of alkyl halides is 3. The summed E-state index contributed by atoms with van der Waals surface area (Å²) in [7, 11) is -3.63. The summed E-state index contributed by atoms with van der Waals surface area (Å²) in [4.78, 5) is 10.5. The van der Waals surface area contributed by atoms with E-state index in [2.05, 4.69) is 4.74 Å². The normalized spacial score (nSPS) is 14.0. The summed E-state index contributed by atoms with van der Waals surface area (Å²) in [5.74, 6) is -2.59. The number of esters is 1. The Balaban J connectivity index is 3.23. The maximum atomic E-state index is 14.1. The van der Waals surface area contributed by atoms with E-state index in [1.54, 1.807) is 0 Å². The van der Waals surface area contributed by atoms with E-state index in [-0.39, 0.29) is 6.61 Å². The van der Waals surface area contributed by atoms with Gasteiger partial charge in [-0.15, -0.1) is 0 Å². The molecule has 1 aromatic rings. The molecule has 1 atom stereocenters. The third-order valence-electron chi connectivity index (χ3n) is 2.67. The third kappa shape index (κ3) is 3.77. The summed E-state index contributed by atoms with van der Waals surface area (Å²) in [6.07, 6.45) is -4.13. The van der Waals surface area contributed by atoms with E-state index in [0.29, 0.717) is 13.1 Å². The quantitative estimate of drug-likeness (QED) is 0.649. The topological polar surface area (TPSA) is 77.4 Å². The lowest BCUT2D eigenvalue weighted by Crippen LogP contribution is -2.43. The van der Waals surface area contributed by atoms with Gasteiger partial charge in [0.25, 0.3) is 0 Å². The zero-order valence-corrected chi connectivity index (χ0v) is 12.7. The number of aromatic nitrogens is 1. The molecule has 1 aromatic heterocycles. The summed E-state index contributed by atoms with van der Waals surface area (Å²) >= 11 is 0. The maximum absolute atomic E-state index is 14.1. The Morgan fingerprint density at radius 2 is 2.00 bits per heavy atom. The number of nitrogens with zero attached hydrogens (tertiary/aromatic N) is 1. The molecular weight excluding hydrogens is 332 g/mol. The second-order valence-electron chi connectivity index (χ2n) is 4.37. The fraction of sp³-hybridized carbons (Fsp3) is 0.545. The molecule has 126 valence electrons. The Morgan fingerprint density at radius 3 is 2.45 bits per heavy atom. The lowest BCUT2D eigenvalue weighted by molar-refractivity contribution is -0.147. The van der Waals surface area contributed by atoms with Crippen LogP contribution in [0.5, 0.6) is 0 Å². The predicted molar refractivity (Wildman–Crippen MR) is 67.2 cm³/mol. The number of hydrogen-bond acceptors (Lipinski definition) is 4. The SMILES string of the molecule is CCOC(=O)c1c(F)c(S(=O)(=O)NC(C)C(F)(F)F)cn1C. The molecule has 1 N–H and O–H groups in total. The van der Waals surface area contributed by atoms with Crippen LogP contribution < -0.4 is 4.72 Å². The Bertz CT molecular complexity index is 666. The average molecular weight is 346 g/mol. The Labute approximate surface area is 124 Å². The van der Waals surface area contributed by atoms with Gasteiger partial charge in [0.15, 0.2) is 11.5 Å². The predicted octanol–water partition coefficient (Wildman–Crippen LogP) is 1.57. The van der Waals surface area contributed by atoms with Gasteiger partial charge in [-0.2, -0.15) is 17.9 Å². The fourth-order valence-electron chi connectivity index (χ4n) is 1.55. The minimum Gasteiger partial charge on any atom is -0.461 e. The highest BCUT2D eigenvalue weighted by Gasteiger charge is 2.40. The monoisotopic (exact) mass is 346 g/mol. The van der Waals surface area contributed by atoms with E-state index in [4.69, 9.17) is 0 Å². The summed E-state index contributed by atoms with van der Waals surface area (Å²) in [5, 5.41) is 0. The van der Waals surface area contributed by atoms with Crippen molar-refractivity contribution in [3.63, 3.8) is 0 Å². The molecule has 11 heteroatoms. The molecule has 22 heavy (non-hydrogen) atoms. The largest absolute Gasteiger partial charge is 0.461 e. The van der Waals surface area contributed by atoms with Crippen LogP contribution in [0.4, 0.5) is 17.6 Å². The number of hydrogen-bond donors (Lipinski definition) is 1. The minimum atomic E-state index is -4.83. The van der Waals surface area contributed by atoms with Crippen LogP contribution in [-0.2, 0) is 21.8 Å². The first-order valence-corrected chi connectivity index (χ1v) is 7.51. The van der Waals surface area contributed by atoms with Crippen molar-refractivity contribution >= 4 is 16.0 Å². The Morgan fingerprint density at radius 1 is 1.45 bits per heavy atom. The summed E-state index contributed by atoms with van der Waals surface area (Å²) in [6, 6.07) is -2.41. The number of halogens is 4. The first-order chi connectivity index (χ1) is 9.91. The summed E-state index contributed by atoms with van der Waals surface area (Å²) in [5.41, 5.74) is -0.693. The number of rotatable bonds is 5. The fourth-order valence-corrected chi connectivity index (χ4v) is 2.91. The van der Waals surface area contributed by atoms with Gasteiger partial charge in [-0.05, 0) is 13.8 Å². The molecule has 6 nitrogen and oxygen atoms in total. The molecule has 0 saturated heterocycles. The highest BCUT2D eigenvalue weighted by molar-refractivity contribution is 7.89. The lowest BCUT2D eigenvalue weighted by atomic mass is 10.4. The first-order valence-electron chi connectivity index (χ1n) is 6.02. The highest BCUT2D eigenvalue weighted by atomic mass is 32.2. The third-order valence-corrected chi connectivity index (χ3v) is 4.20. The van der Waals surface area contributed by atoms with Crippen LogP contribution in [0.25, 0.3) is 0 Å². The first kappa shape index (κ1) is 18.4. The molecule has 0 aromatic carbocycles. The molecule has 1 unspecified atom stereocenters. The molecule has 0 bridgehead atoms. The van der Waals surface area contributed by atoms with Gasteiger partial charge in [-0.1, -0.05) is 0 Å². The van der Waals surface area contributed by atoms with Crippen LogP contribution >= 0.6 is 0 Å². The van der Waals surface area contributed by atoms with Crippen LogP contribution in [-0.4, -0.2) is 37.8 Å². The number of nitrogens with one attached hydrogen (secondary N) is 1. The molecule has 0 amide bonds. The number of carbonyl (C=O) groups excluding carboxylic acids is 1. The van der Waals surface area contributed by atoms with Gasteiger partial charge in [-0.25, -0.2) is 17.6 Å². The van der Waals surface area contributed by atoms with Crippen molar-refractivity contribution in [1.29, 1.82) is 0 Å². The number of ether oxygens (including phenoxy) is 1. The molecule has 0 saturated carbocycles. The molecule has 1 rings (SSSR count). The average Bonchev–Trinajstić information content (AvgIpc) is 2.64. The van der Waals surface area contributed by atoms with Gasteiger partial charge < -0.3 is 9.30 Å². The smallest absolute Gasteiger partial charge is 0.404 e. The van der Waals surface area contributed by atoms with Gasteiger partial charge in [0, 0.05) is 13.2 Å². The zero-order chi connectivity index (χ0) is 17.3. The van der Waals surface area contributed by atoms with E-state index in [1.807, 2.05) is 0 Å². The van der Waals surface area contributed by atoms with Crippen molar-refractivity contribution in [2.75, 3.05) is 6.61 Å². The molecular formula is C11H14F4N2O4S. The van der Waals surface area contributed by atoms with Crippen LogP contribution in [0.2, 0.25) is 0 Å². The highest BCUT2D eigenvalue weighted by Crippen LogP contribution is 2.24. The van der Waals surface area contributed by atoms with Gasteiger partial charge in [0.1, 0.15) is 10.9 Å². The van der Waals surface area contributed by atoms with E-state index >= 15 is 0 Å². The van der Waals surface area contributed by atoms with Crippen molar-refractivity contribution < 1.29 is 35.5 Å². The second-order valence-corrected chi connectivity index (χ2v) is 6.05. The zero-order valence-electron chi connectivity index (χ0n) is 11.9. The Hall–Kier alpha value is -1.62. The van der Waals surface area contributed by atoms with E-state index in [9.17, 15) is 30.8 Å². The van der Waals surface area contributed by atoms with Crippen molar-refractivity contribution in [2.45, 2.75) is 31.0 Å². The van der Waals surface area contributed by atoms with Crippen molar-refractivity contribution in [3.8, 4) is 0 Å². The van der Waals surface area contributed by atoms with Gasteiger partial charge in [0.2, 0.25) is 10.0 Å². The van der Waals surface area contributed by atoms with Gasteiger partial charge in [-0.3, -0.25) is 0 Å². The molecule has 0 aliphatic carbocycles. The maximum Gasteiger partial charge on any atom is 0.404 e. The lowest BCUT2D eigenvalue weighted by Gasteiger charge is -2.16. The van der Waals surface area contributed by atoms with E-state index < -0.39 is 44.6 Å². The molecule has 1 heterocycles. The molecule has 0 aliphatic heterocycles. The molecule has 0 fully saturated rings. The van der Waals surface area contributed by atoms with E-state index in [1.165, 1.54) is 18.7 Å². The summed E-state index contributed by atoms with van der Waals surface area (Å²) < 4.78 is 81.7. The standard InChI is InChI=1S/C11H14F4N2O4S/c1-4-21-10(18)9-8(12)7(5-17(9)3)22(19,20)16-6(2)11(13,14)15/h5-6,16H,4H2,1-3H3. The summed E-state index contributed by atoms with van der Waals surface area (Å²) in [6.45, 7) is 1.96. The molecule has 0 spiro atoms. The Kier molecular flexibility index (Phi) is 5.23. The molecule has 0 radical (unpaired) electrons. The number of aryl methyl sites for hydroxylation is 1. The number of carbonyl (C=O) groups is 1. The van der Waals surface area contributed by atoms with Gasteiger partial charge in [0.05, 0.1) is 6.61 Å². The minimum absolute atomic E-state index is 0.0745. The second kappa shape index (κ2) is 6.24.